The van der Waals surface area contributed by atoms with Crippen molar-refractivity contribution in [3.63, 3.8) is 0 Å². The Morgan fingerprint density at radius 2 is 1.57 bits per heavy atom. The maximum absolute atomic E-state index is 6.07. The Kier molecular flexibility index (Phi) is 10.4. The molecule has 1 fully saturated rings. The first kappa shape index (κ1) is 19.0. The summed E-state index contributed by atoms with van der Waals surface area (Å²) in [5.74, 6) is 0. The van der Waals surface area contributed by atoms with E-state index in [4.69, 9.17) is 4.74 Å². The minimum atomic E-state index is 0.122. The first-order valence-corrected chi connectivity index (χ1v) is 9.57. The maximum Gasteiger partial charge on any atom is 0.0830 e. The molecule has 2 heteroatoms. The van der Waals surface area contributed by atoms with Gasteiger partial charge in [0, 0.05) is 13.2 Å². The van der Waals surface area contributed by atoms with Crippen LogP contribution in [0.3, 0.4) is 0 Å². The van der Waals surface area contributed by atoms with Gasteiger partial charge in [-0.05, 0) is 32.2 Å². The van der Waals surface area contributed by atoms with Crippen molar-refractivity contribution in [1.82, 2.24) is 5.32 Å². The zero-order chi connectivity index (χ0) is 15.4. The second-order valence-electron chi connectivity index (χ2n) is 6.89. The van der Waals surface area contributed by atoms with Gasteiger partial charge in [-0.2, -0.15) is 0 Å². The van der Waals surface area contributed by atoms with E-state index in [9.17, 15) is 0 Å². The lowest BCUT2D eigenvalue weighted by Gasteiger charge is -2.43. The Labute approximate surface area is 133 Å². The molecule has 0 aromatic heterocycles. The molecule has 1 unspecified atom stereocenters. The largest absolute Gasteiger partial charge is 0.377 e. The summed E-state index contributed by atoms with van der Waals surface area (Å²) in [7, 11) is 1.94. The topological polar surface area (TPSA) is 21.3 Å². The van der Waals surface area contributed by atoms with E-state index < -0.39 is 0 Å². The number of unbranched alkanes of at least 4 members (excludes halogenated alkanes) is 5. The van der Waals surface area contributed by atoms with Gasteiger partial charge in [0.1, 0.15) is 0 Å². The van der Waals surface area contributed by atoms with Crippen molar-refractivity contribution in [2.24, 2.45) is 0 Å². The lowest BCUT2D eigenvalue weighted by atomic mass is 9.77. The van der Waals surface area contributed by atoms with Crippen LogP contribution in [0.1, 0.15) is 97.3 Å². The first-order chi connectivity index (χ1) is 10.3. The summed E-state index contributed by atoms with van der Waals surface area (Å²) in [4.78, 5) is 0. The van der Waals surface area contributed by atoms with Crippen LogP contribution in [0.4, 0.5) is 0 Å². The van der Waals surface area contributed by atoms with Gasteiger partial charge in [0.25, 0.3) is 0 Å². The zero-order valence-corrected chi connectivity index (χ0v) is 14.9. The highest BCUT2D eigenvalue weighted by Gasteiger charge is 2.39. The van der Waals surface area contributed by atoms with Crippen LogP contribution in [-0.4, -0.2) is 25.3 Å². The smallest absolute Gasteiger partial charge is 0.0830 e. The van der Waals surface area contributed by atoms with Crippen LogP contribution < -0.4 is 5.32 Å². The average molecular weight is 298 g/mol. The van der Waals surface area contributed by atoms with Crippen molar-refractivity contribution in [3.8, 4) is 0 Å². The number of ether oxygens (including phenoxy) is 1. The maximum atomic E-state index is 6.07. The highest BCUT2D eigenvalue weighted by atomic mass is 16.5. The molecule has 1 atom stereocenters. The van der Waals surface area contributed by atoms with E-state index in [1.54, 1.807) is 0 Å². The first-order valence-electron chi connectivity index (χ1n) is 9.57. The van der Waals surface area contributed by atoms with Gasteiger partial charge in [0.2, 0.25) is 0 Å². The van der Waals surface area contributed by atoms with Gasteiger partial charge in [-0.1, -0.05) is 71.6 Å². The fourth-order valence-electron chi connectivity index (χ4n) is 3.84. The molecule has 1 aliphatic carbocycles. The molecule has 0 bridgehead atoms. The fraction of sp³-hybridized carbons (Fsp3) is 1.00. The molecule has 0 spiro atoms. The van der Waals surface area contributed by atoms with Crippen molar-refractivity contribution in [2.75, 3.05) is 13.7 Å². The van der Waals surface area contributed by atoms with Crippen molar-refractivity contribution >= 4 is 0 Å². The quantitative estimate of drug-likeness (QED) is 0.483. The van der Waals surface area contributed by atoms with Crippen molar-refractivity contribution in [2.45, 2.75) is 109 Å². The molecule has 1 saturated carbocycles. The molecule has 1 N–H and O–H groups in total. The van der Waals surface area contributed by atoms with E-state index in [0.717, 1.165) is 6.54 Å². The van der Waals surface area contributed by atoms with E-state index in [1.807, 2.05) is 7.11 Å². The van der Waals surface area contributed by atoms with E-state index in [2.05, 4.69) is 19.2 Å². The predicted octanol–water partition coefficient (Wildman–Crippen LogP) is 5.45. The van der Waals surface area contributed by atoms with Gasteiger partial charge < -0.3 is 10.1 Å². The Hall–Kier alpha value is -0.0800. The van der Waals surface area contributed by atoms with Crippen LogP contribution >= 0.6 is 0 Å². The molecule has 0 aliphatic heterocycles. The van der Waals surface area contributed by atoms with Crippen molar-refractivity contribution in [1.29, 1.82) is 0 Å². The van der Waals surface area contributed by atoms with Gasteiger partial charge in [0.05, 0.1) is 5.60 Å². The van der Waals surface area contributed by atoms with Crippen molar-refractivity contribution < 1.29 is 4.74 Å². The van der Waals surface area contributed by atoms with Crippen molar-refractivity contribution in [3.05, 3.63) is 0 Å². The Bertz CT molecular complexity index is 236. The van der Waals surface area contributed by atoms with Crippen LogP contribution in [0, 0.1) is 0 Å². The van der Waals surface area contributed by atoms with E-state index in [1.165, 1.54) is 83.5 Å². The monoisotopic (exact) mass is 297 g/mol. The summed E-state index contributed by atoms with van der Waals surface area (Å²) in [6.07, 6.45) is 17.4. The molecule has 0 aromatic rings. The number of hydrogen-bond donors (Lipinski definition) is 1. The molecular formula is C19H39NO. The minimum Gasteiger partial charge on any atom is -0.377 e. The normalized spacial score (nSPS) is 19.6. The van der Waals surface area contributed by atoms with Crippen LogP contribution in [0.15, 0.2) is 0 Å². The summed E-state index contributed by atoms with van der Waals surface area (Å²) in [5, 5.41) is 3.81. The third-order valence-electron chi connectivity index (χ3n) is 5.23. The molecule has 0 radical (unpaired) electrons. The second-order valence-corrected chi connectivity index (χ2v) is 6.89. The highest BCUT2D eigenvalue weighted by Crippen LogP contribution is 2.36. The summed E-state index contributed by atoms with van der Waals surface area (Å²) >= 11 is 0. The average Bonchev–Trinajstić information content (AvgIpc) is 2.54. The number of rotatable bonds is 12. The molecule has 0 heterocycles. The minimum absolute atomic E-state index is 0.122. The van der Waals surface area contributed by atoms with Gasteiger partial charge in [-0.15, -0.1) is 0 Å². The molecule has 0 saturated heterocycles. The van der Waals surface area contributed by atoms with Crippen LogP contribution in [-0.2, 0) is 4.74 Å². The predicted molar refractivity (Wildman–Crippen MR) is 92.9 cm³/mol. The second kappa shape index (κ2) is 11.5. The lowest BCUT2D eigenvalue weighted by Crippen LogP contribution is -2.53. The van der Waals surface area contributed by atoms with Gasteiger partial charge in [0.15, 0.2) is 0 Å². The Balaban J connectivity index is 2.41. The summed E-state index contributed by atoms with van der Waals surface area (Å²) in [5.41, 5.74) is 0.122. The number of hydrogen-bond acceptors (Lipinski definition) is 2. The Morgan fingerprint density at radius 3 is 2.19 bits per heavy atom. The molecule has 126 valence electrons. The number of nitrogens with one attached hydrogen (secondary N) is 1. The zero-order valence-electron chi connectivity index (χ0n) is 14.9. The summed E-state index contributed by atoms with van der Waals surface area (Å²) in [6.45, 7) is 5.68. The Morgan fingerprint density at radius 1 is 0.905 bits per heavy atom. The third-order valence-corrected chi connectivity index (χ3v) is 5.23. The van der Waals surface area contributed by atoms with Crippen LogP contribution in [0.2, 0.25) is 0 Å². The summed E-state index contributed by atoms with van der Waals surface area (Å²) in [6, 6.07) is 0.564. The molecule has 2 nitrogen and oxygen atoms in total. The van der Waals surface area contributed by atoms with E-state index >= 15 is 0 Å². The molecule has 1 rings (SSSR count). The van der Waals surface area contributed by atoms with Gasteiger partial charge in [-0.3, -0.25) is 0 Å². The highest BCUT2D eigenvalue weighted by molar-refractivity contribution is 4.95. The summed E-state index contributed by atoms with van der Waals surface area (Å²) < 4.78 is 6.07. The van der Waals surface area contributed by atoms with E-state index in [0.29, 0.717) is 6.04 Å². The molecule has 0 amide bonds. The molecule has 21 heavy (non-hydrogen) atoms. The SMILES string of the molecule is CCCCCCCCC(NCCC)C1(OC)CCCCC1. The lowest BCUT2D eigenvalue weighted by molar-refractivity contribution is -0.0696. The molecule has 1 aliphatic rings. The number of methoxy groups -OCH3 is 1. The molecular weight excluding hydrogens is 258 g/mol. The fourth-order valence-corrected chi connectivity index (χ4v) is 3.84. The van der Waals surface area contributed by atoms with Gasteiger partial charge >= 0.3 is 0 Å². The third kappa shape index (κ3) is 6.69. The van der Waals surface area contributed by atoms with Gasteiger partial charge in [-0.25, -0.2) is 0 Å². The van der Waals surface area contributed by atoms with E-state index in [-0.39, 0.29) is 5.60 Å². The van der Waals surface area contributed by atoms with Crippen LogP contribution in [0.25, 0.3) is 0 Å². The standard InChI is InChI=1S/C19H39NO/c1-4-6-7-8-9-11-14-18(20-17-5-2)19(21-3)15-12-10-13-16-19/h18,20H,4-17H2,1-3H3. The molecule has 0 aromatic carbocycles. The van der Waals surface area contributed by atoms with Crippen LogP contribution in [0.5, 0.6) is 0 Å².